The first kappa shape index (κ1) is 21.7. The molecular weight excluding hydrogens is 452 g/mol. The number of rotatable bonds is 7. The van der Waals surface area contributed by atoms with E-state index in [2.05, 4.69) is 30.4 Å². The average molecular weight is 471 g/mol. The lowest BCUT2D eigenvalue weighted by Gasteiger charge is -2.01. The lowest BCUT2D eigenvalue weighted by Crippen LogP contribution is -2.23. The van der Waals surface area contributed by atoms with Crippen molar-refractivity contribution in [3.8, 4) is 11.4 Å². The molecule has 10 nitrogen and oxygen atoms in total. The van der Waals surface area contributed by atoms with Crippen molar-refractivity contribution in [2.75, 3.05) is 5.32 Å². The number of anilines is 1. The Morgan fingerprint density at radius 1 is 1.06 bits per heavy atom. The molecule has 12 heteroatoms. The number of nitrogens with one attached hydrogen (secondary N) is 2. The zero-order valence-corrected chi connectivity index (χ0v) is 18.7. The van der Waals surface area contributed by atoms with Crippen molar-refractivity contribution in [3.63, 3.8) is 0 Å². The predicted molar refractivity (Wildman–Crippen MR) is 118 cm³/mol. The summed E-state index contributed by atoms with van der Waals surface area (Å²) in [6.45, 7) is 3.61. The number of hydrogen-bond acceptors (Lipinski definition) is 9. The number of aryl methyl sites for hydroxylation is 2. The van der Waals surface area contributed by atoms with E-state index in [1.54, 1.807) is 24.3 Å². The van der Waals surface area contributed by atoms with Crippen molar-refractivity contribution in [1.82, 2.24) is 25.1 Å². The summed E-state index contributed by atoms with van der Waals surface area (Å²) in [6, 6.07) is 14.5. The molecule has 2 aromatic heterocycles. The molecule has 0 aliphatic carbocycles. The average Bonchev–Trinajstić information content (AvgIpc) is 3.43. The minimum Gasteiger partial charge on any atom is -0.338 e. The van der Waals surface area contributed by atoms with Crippen molar-refractivity contribution in [1.29, 1.82) is 0 Å². The molecule has 2 aromatic carbocycles. The molecule has 0 radical (unpaired) electrons. The first-order valence-corrected chi connectivity index (χ1v) is 11.7. The zero-order chi connectivity index (χ0) is 22.7. The lowest BCUT2D eigenvalue weighted by molar-refractivity contribution is 0.102. The van der Waals surface area contributed by atoms with Crippen molar-refractivity contribution in [3.05, 3.63) is 71.1 Å². The van der Waals surface area contributed by atoms with Gasteiger partial charge in [0.15, 0.2) is 0 Å². The van der Waals surface area contributed by atoms with E-state index in [0.29, 0.717) is 11.4 Å². The van der Waals surface area contributed by atoms with Gasteiger partial charge in [-0.2, -0.15) is 9.71 Å². The number of hydrogen-bond donors (Lipinski definition) is 2. The Bertz CT molecular complexity index is 1360. The summed E-state index contributed by atoms with van der Waals surface area (Å²) in [5.74, 6) is 0.0613. The second-order valence-corrected chi connectivity index (χ2v) is 9.76. The highest BCUT2D eigenvalue weighted by Crippen LogP contribution is 2.22. The maximum Gasteiger partial charge on any atom is 0.270 e. The summed E-state index contributed by atoms with van der Waals surface area (Å²) in [4.78, 5) is 16.5. The molecule has 0 saturated carbocycles. The fraction of sp³-hybridized carbons (Fsp3) is 0.150. The molecule has 1 amide bonds. The third kappa shape index (κ3) is 4.88. The number of sulfonamides is 1. The van der Waals surface area contributed by atoms with Crippen molar-refractivity contribution in [2.24, 2.45) is 0 Å². The summed E-state index contributed by atoms with van der Waals surface area (Å²) in [5.41, 5.74) is 3.20. The van der Waals surface area contributed by atoms with Gasteiger partial charge in [-0.1, -0.05) is 58.5 Å². The Kier molecular flexibility index (Phi) is 6.08. The number of amides is 1. The Hall–Kier alpha value is -3.48. The number of aromatic nitrogens is 4. The molecule has 0 spiro atoms. The van der Waals surface area contributed by atoms with Crippen LogP contribution in [0.5, 0.6) is 0 Å². The predicted octanol–water partition coefficient (Wildman–Crippen LogP) is 2.94. The maximum absolute atomic E-state index is 12.5. The smallest absolute Gasteiger partial charge is 0.270 e. The van der Waals surface area contributed by atoms with Gasteiger partial charge in [0.05, 0.1) is 6.54 Å². The minimum atomic E-state index is -3.99. The molecule has 0 fully saturated rings. The summed E-state index contributed by atoms with van der Waals surface area (Å²) < 4.78 is 32.3. The normalized spacial score (nSPS) is 11.4. The van der Waals surface area contributed by atoms with Crippen LogP contribution in [0.25, 0.3) is 11.4 Å². The summed E-state index contributed by atoms with van der Waals surface area (Å²) in [7, 11) is -3.99. The van der Waals surface area contributed by atoms with Gasteiger partial charge in [0.1, 0.15) is 0 Å². The van der Waals surface area contributed by atoms with Crippen LogP contribution in [0, 0.1) is 13.8 Å². The topological polar surface area (TPSA) is 140 Å². The third-order valence-corrected chi connectivity index (χ3v) is 7.05. The van der Waals surface area contributed by atoms with Gasteiger partial charge in [0.2, 0.25) is 21.2 Å². The van der Waals surface area contributed by atoms with Crippen LogP contribution < -0.4 is 10.0 Å². The molecule has 0 unspecified atom stereocenters. The second kappa shape index (κ2) is 8.94. The van der Waals surface area contributed by atoms with Crippen LogP contribution in [0.1, 0.15) is 27.4 Å². The van der Waals surface area contributed by atoms with Gasteiger partial charge in [0.25, 0.3) is 15.9 Å². The molecular formula is C20H18N6O4S2. The van der Waals surface area contributed by atoms with Crippen LogP contribution in [0.2, 0.25) is 0 Å². The SMILES string of the molecule is Cc1ccc(C(=O)Nc2nnc(S(=O)(=O)NCc3nc(-c4ccccc4C)no3)s2)cc1. The first-order valence-electron chi connectivity index (χ1n) is 9.41. The molecule has 164 valence electrons. The van der Waals surface area contributed by atoms with E-state index in [0.717, 1.165) is 28.0 Å². The van der Waals surface area contributed by atoms with Gasteiger partial charge >= 0.3 is 0 Å². The Morgan fingerprint density at radius 3 is 2.56 bits per heavy atom. The van der Waals surface area contributed by atoms with Crippen LogP contribution in [-0.4, -0.2) is 34.7 Å². The largest absolute Gasteiger partial charge is 0.338 e. The van der Waals surface area contributed by atoms with E-state index >= 15 is 0 Å². The summed E-state index contributed by atoms with van der Waals surface area (Å²) >= 11 is 0.734. The van der Waals surface area contributed by atoms with Gasteiger partial charge in [-0.05, 0) is 31.5 Å². The van der Waals surface area contributed by atoms with Crippen molar-refractivity contribution in [2.45, 2.75) is 24.7 Å². The Labute approximate surface area is 187 Å². The zero-order valence-electron chi connectivity index (χ0n) is 17.1. The van der Waals surface area contributed by atoms with Gasteiger partial charge in [-0.25, -0.2) is 8.42 Å². The molecule has 0 aliphatic heterocycles. The third-order valence-electron chi connectivity index (χ3n) is 4.44. The van der Waals surface area contributed by atoms with E-state index in [9.17, 15) is 13.2 Å². The van der Waals surface area contributed by atoms with Crippen LogP contribution in [-0.2, 0) is 16.6 Å². The molecule has 0 aliphatic rings. The molecule has 2 heterocycles. The molecule has 0 saturated heterocycles. The van der Waals surface area contributed by atoms with E-state index in [-0.39, 0.29) is 21.9 Å². The highest BCUT2D eigenvalue weighted by molar-refractivity contribution is 7.91. The van der Waals surface area contributed by atoms with Crippen LogP contribution in [0.4, 0.5) is 5.13 Å². The number of carbonyl (C=O) groups is 1. The highest BCUT2D eigenvalue weighted by Gasteiger charge is 2.22. The molecule has 4 rings (SSSR count). The molecule has 32 heavy (non-hydrogen) atoms. The van der Waals surface area contributed by atoms with Crippen LogP contribution in [0.15, 0.2) is 57.4 Å². The van der Waals surface area contributed by atoms with Gasteiger partial charge in [-0.3, -0.25) is 10.1 Å². The highest BCUT2D eigenvalue weighted by atomic mass is 32.2. The van der Waals surface area contributed by atoms with E-state index < -0.39 is 15.9 Å². The summed E-state index contributed by atoms with van der Waals surface area (Å²) in [5, 5.41) is 13.9. The van der Waals surface area contributed by atoms with Crippen molar-refractivity contribution < 1.29 is 17.7 Å². The standard InChI is InChI=1S/C20H18N6O4S2/c1-12-7-9-14(10-8-12)18(27)23-19-24-25-20(31-19)32(28,29)21-11-16-22-17(26-30-16)15-6-4-3-5-13(15)2/h3-10,21H,11H2,1-2H3,(H,23,24,27). The fourth-order valence-corrected chi connectivity index (χ4v) is 4.63. The van der Waals surface area contributed by atoms with Crippen molar-refractivity contribution >= 4 is 32.4 Å². The quantitative estimate of drug-likeness (QED) is 0.393. The fourth-order valence-electron chi connectivity index (χ4n) is 2.72. The molecule has 4 aromatic rings. The molecule has 2 N–H and O–H groups in total. The lowest BCUT2D eigenvalue weighted by atomic mass is 10.1. The maximum atomic E-state index is 12.5. The monoisotopic (exact) mass is 470 g/mol. The number of benzene rings is 2. The number of nitrogens with zero attached hydrogens (tertiary/aromatic N) is 4. The minimum absolute atomic E-state index is 0.0654. The Balaban J connectivity index is 1.40. The molecule has 0 bridgehead atoms. The van der Waals surface area contributed by atoms with E-state index in [1.807, 2.05) is 38.1 Å². The first-order chi connectivity index (χ1) is 15.3. The second-order valence-electron chi connectivity index (χ2n) is 6.84. The molecule has 0 atom stereocenters. The van der Waals surface area contributed by atoms with E-state index in [1.165, 1.54) is 0 Å². The van der Waals surface area contributed by atoms with E-state index in [4.69, 9.17) is 4.52 Å². The van der Waals surface area contributed by atoms with Gasteiger partial charge in [-0.15, -0.1) is 10.2 Å². The Morgan fingerprint density at radius 2 is 1.81 bits per heavy atom. The van der Waals surface area contributed by atoms with Gasteiger partial charge in [0, 0.05) is 11.1 Å². The van der Waals surface area contributed by atoms with Crippen LogP contribution in [0.3, 0.4) is 0 Å². The van der Waals surface area contributed by atoms with Gasteiger partial charge < -0.3 is 4.52 Å². The number of carbonyl (C=O) groups excluding carboxylic acids is 1. The van der Waals surface area contributed by atoms with Crippen LogP contribution >= 0.6 is 11.3 Å². The summed E-state index contributed by atoms with van der Waals surface area (Å²) in [6.07, 6.45) is 0.